The van der Waals surface area contributed by atoms with Crippen molar-refractivity contribution < 1.29 is 26.3 Å². The van der Waals surface area contributed by atoms with Gasteiger partial charge in [-0.2, -0.15) is 8.75 Å². The van der Waals surface area contributed by atoms with Gasteiger partial charge in [-0.1, -0.05) is 6.07 Å². The van der Waals surface area contributed by atoms with E-state index in [9.17, 15) is 21.6 Å². The zero-order valence-corrected chi connectivity index (χ0v) is 13.2. The standard InChI is InChI=1S/C13H8F3N3O3S2/c14-13(15,16)22-9-6-4-8(5-7-9)19-24(20,21)11-3-1-2-10-12(11)18-23-17-10/h1-7,19H. The summed E-state index contributed by atoms with van der Waals surface area (Å²) >= 11 is 0.881. The minimum Gasteiger partial charge on any atom is -0.406 e. The van der Waals surface area contributed by atoms with Crippen molar-refractivity contribution in [2.75, 3.05) is 4.72 Å². The average molecular weight is 375 g/mol. The molecular weight excluding hydrogens is 367 g/mol. The molecule has 1 aromatic heterocycles. The van der Waals surface area contributed by atoms with Crippen molar-refractivity contribution in [3.05, 3.63) is 42.5 Å². The molecular formula is C13H8F3N3O3S2. The Hall–Kier alpha value is -2.40. The van der Waals surface area contributed by atoms with Crippen LogP contribution in [0.1, 0.15) is 0 Å². The summed E-state index contributed by atoms with van der Waals surface area (Å²) in [6.07, 6.45) is -4.81. The second-order valence-corrected chi connectivity index (χ2v) is 6.75. The highest BCUT2D eigenvalue weighted by Gasteiger charge is 2.31. The molecule has 3 aromatic rings. The Morgan fingerprint density at radius 1 is 1.04 bits per heavy atom. The summed E-state index contributed by atoms with van der Waals surface area (Å²) in [6, 6.07) is 8.87. The molecule has 0 amide bonds. The number of rotatable bonds is 4. The summed E-state index contributed by atoms with van der Waals surface area (Å²) in [5.74, 6) is -0.448. The van der Waals surface area contributed by atoms with Crippen LogP contribution in [0.5, 0.6) is 5.75 Å². The van der Waals surface area contributed by atoms with Crippen LogP contribution in [0.2, 0.25) is 0 Å². The largest absolute Gasteiger partial charge is 0.573 e. The first-order valence-corrected chi connectivity index (χ1v) is 8.56. The molecule has 0 aliphatic rings. The maximum Gasteiger partial charge on any atom is 0.573 e. The number of benzene rings is 2. The molecule has 1 N–H and O–H groups in total. The molecule has 0 fully saturated rings. The number of sulfonamides is 1. The van der Waals surface area contributed by atoms with Gasteiger partial charge in [0.15, 0.2) is 0 Å². The van der Waals surface area contributed by atoms with Crippen LogP contribution >= 0.6 is 11.7 Å². The second kappa shape index (κ2) is 5.91. The minimum absolute atomic E-state index is 0.0654. The maximum absolute atomic E-state index is 12.4. The average Bonchev–Trinajstić information content (AvgIpc) is 2.95. The molecule has 0 bridgehead atoms. The highest BCUT2D eigenvalue weighted by Crippen LogP contribution is 2.26. The first-order valence-electron chi connectivity index (χ1n) is 6.34. The third kappa shape index (κ3) is 3.57. The van der Waals surface area contributed by atoms with E-state index in [1.807, 2.05) is 0 Å². The lowest BCUT2D eigenvalue weighted by molar-refractivity contribution is -0.274. The van der Waals surface area contributed by atoms with Crippen molar-refractivity contribution in [2.45, 2.75) is 11.3 Å². The number of hydrogen-bond acceptors (Lipinski definition) is 6. The van der Waals surface area contributed by atoms with Crippen molar-refractivity contribution in [2.24, 2.45) is 0 Å². The van der Waals surface area contributed by atoms with Crippen molar-refractivity contribution in [1.82, 2.24) is 8.75 Å². The summed E-state index contributed by atoms with van der Waals surface area (Å²) in [4.78, 5) is -0.0654. The molecule has 0 saturated carbocycles. The number of alkyl halides is 3. The van der Waals surface area contributed by atoms with E-state index in [1.54, 1.807) is 6.07 Å². The van der Waals surface area contributed by atoms with Crippen LogP contribution in [-0.2, 0) is 10.0 Å². The van der Waals surface area contributed by atoms with Crippen LogP contribution in [0, 0.1) is 0 Å². The molecule has 0 atom stereocenters. The molecule has 0 unspecified atom stereocenters. The van der Waals surface area contributed by atoms with Crippen LogP contribution < -0.4 is 9.46 Å². The smallest absolute Gasteiger partial charge is 0.406 e. The molecule has 126 valence electrons. The van der Waals surface area contributed by atoms with Crippen molar-refractivity contribution in [3.8, 4) is 5.75 Å². The topological polar surface area (TPSA) is 81.2 Å². The molecule has 0 radical (unpaired) electrons. The molecule has 0 aliphatic carbocycles. The van der Waals surface area contributed by atoms with Gasteiger partial charge in [-0.05, 0) is 36.4 Å². The summed E-state index contributed by atoms with van der Waals surface area (Å²) in [7, 11) is -3.97. The highest BCUT2D eigenvalue weighted by molar-refractivity contribution is 7.93. The lowest BCUT2D eigenvalue weighted by atomic mass is 10.3. The van der Waals surface area contributed by atoms with Gasteiger partial charge in [-0.3, -0.25) is 4.72 Å². The zero-order chi connectivity index (χ0) is 17.4. The van der Waals surface area contributed by atoms with E-state index < -0.39 is 22.1 Å². The maximum atomic E-state index is 12.4. The first-order chi connectivity index (χ1) is 11.2. The summed E-state index contributed by atoms with van der Waals surface area (Å²) in [6.45, 7) is 0. The number of halogens is 3. The third-order valence-corrected chi connectivity index (χ3v) is 4.83. The summed E-state index contributed by atoms with van der Waals surface area (Å²) in [5.41, 5.74) is 0.758. The van der Waals surface area contributed by atoms with Crippen LogP contribution in [-0.4, -0.2) is 23.5 Å². The minimum atomic E-state index is -4.81. The Morgan fingerprint density at radius 3 is 2.42 bits per heavy atom. The normalized spacial score (nSPS) is 12.3. The summed E-state index contributed by atoms with van der Waals surface area (Å²) < 4.78 is 75.1. The van der Waals surface area contributed by atoms with E-state index in [1.165, 1.54) is 12.1 Å². The van der Waals surface area contributed by atoms with Crippen LogP contribution in [0.4, 0.5) is 18.9 Å². The number of nitrogens with one attached hydrogen (secondary N) is 1. The number of anilines is 1. The van der Waals surface area contributed by atoms with E-state index in [4.69, 9.17) is 0 Å². The van der Waals surface area contributed by atoms with E-state index in [0.717, 1.165) is 36.0 Å². The fourth-order valence-electron chi connectivity index (χ4n) is 1.93. The van der Waals surface area contributed by atoms with Crippen molar-refractivity contribution in [3.63, 3.8) is 0 Å². The van der Waals surface area contributed by atoms with E-state index in [-0.39, 0.29) is 16.1 Å². The molecule has 0 spiro atoms. The lowest BCUT2D eigenvalue weighted by Crippen LogP contribution is -2.17. The number of ether oxygens (including phenoxy) is 1. The Bertz CT molecular complexity index is 969. The molecule has 3 rings (SSSR count). The van der Waals surface area contributed by atoms with Gasteiger partial charge in [0.1, 0.15) is 21.7 Å². The third-order valence-electron chi connectivity index (χ3n) is 2.88. The molecule has 11 heteroatoms. The first kappa shape index (κ1) is 16.5. The van der Waals surface area contributed by atoms with Gasteiger partial charge in [0, 0.05) is 5.69 Å². The van der Waals surface area contributed by atoms with Gasteiger partial charge < -0.3 is 4.74 Å². The fraction of sp³-hybridized carbons (Fsp3) is 0.0769. The molecule has 6 nitrogen and oxygen atoms in total. The monoisotopic (exact) mass is 375 g/mol. The van der Waals surface area contributed by atoms with Gasteiger partial charge in [0.25, 0.3) is 10.0 Å². The SMILES string of the molecule is O=S(=O)(Nc1ccc(OC(F)(F)F)cc1)c1cccc2nsnc12. The van der Waals surface area contributed by atoms with Gasteiger partial charge in [-0.25, -0.2) is 8.42 Å². The molecule has 1 heterocycles. The Balaban J connectivity index is 1.86. The van der Waals surface area contributed by atoms with E-state index in [2.05, 4.69) is 18.2 Å². The van der Waals surface area contributed by atoms with Gasteiger partial charge in [0.05, 0.1) is 11.7 Å². The zero-order valence-electron chi connectivity index (χ0n) is 11.6. The van der Waals surface area contributed by atoms with Gasteiger partial charge >= 0.3 is 6.36 Å². The number of nitrogens with zero attached hydrogens (tertiary/aromatic N) is 2. The van der Waals surface area contributed by atoms with Crippen LogP contribution in [0.3, 0.4) is 0 Å². The lowest BCUT2D eigenvalue weighted by Gasteiger charge is -2.11. The Kier molecular flexibility index (Phi) is 4.05. The predicted molar refractivity (Wildman–Crippen MR) is 81.3 cm³/mol. The Labute approximate surface area is 138 Å². The van der Waals surface area contributed by atoms with Crippen molar-refractivity contribution in [1.29, 1.82) is 0 Å². The molecule has 2 aromatic carbocycles. The quantitative estimate of drug-likeness (QED) is 0.756. The highest BCUT2D eigenvalue weighted by atomic mass is 32.2. The fourth-order valence-corrected chi connectivity index (χ4v) is 3.76. The van der Waals surface area contributed by atoms with E-state index >= 15 is 0 Å². The van der Waals surface area contributed by atoms with E-state index in [0.29, 0.717) is 5.52 Å². The number of hydrogen-bond donors (Lipinski definition) is 1. The molecule has 0 aliphatic heterocycles. The van der Waals surface area contributed by atoms with Gasteiger partial charge in [-0.15, -0.1) is 13.2 Å². The van der Waals surface area contributed by atoms with Crippen LogP contribution in [0.25, 0.3) is 11.0 Å². The molecule has 24 heavy (non-hydrogen) atoms. The predicted octanol–water partition coefficient (Wildman–Crippen LogP) is 3.39. The number of fused-ring (bicyclic) bond motifs is 1. The Morgan fingerprint density at radius 2 is 1.75 bits per heavy atom. The van der Waals surface area contributed by atoms with Crippen molar-refractivity contribution >= 4 is 38.5 Å². The molecule has 0 saturated heterocycles. The van der Waals surface area contributed by atoms with Crippen LogP contribution in [0.15, 0.2) is 47.4 Å². The summed E-state index contributed by atoms with van der Waals surface area (Å²) in [5, 5.41) is 0. The van der Waals surface area contributed by atoms with Gasteiger partial charge in [0.2, 0.25) is 0 Å². The second-order valence-electron chi connectivity index (χ2n) is 4.57. The number of aromatic nitrogens is 2.